The largest absolute Gasteiger partial charge is 0.347 e. The third-order valence-electron chi connectivity index (χ3n) is 4.01. The van der Waals surface area contributed by atoms with E-state index in [1.807, 2.05) is 59.2 Å². The minimum absolute atomic E-state index is 0.0823. The van der Waals surface area contributed by atoms with E-state index in [0.29, 0.717) is 5.95 Å². The average Bonchev–Trinajstić information content (AvgIpc) is 2.99. The van der Waals surface area contributed by atoms with Crippen LogP contribution in [0.15, 0.2) is 54.6 Å². The summed E-state index contributed by atoms with van der Waals surface area (Å²) in [6.45, 7) is 2.75. The van der Waals surface area contributed by atoms with Crippen LogP contribution in [0.2, 0.25) is 0 Å². The van der Waals surface area contributed by atoms with Crippen molar-refractivity contribution in [3.8, 4) is 0 Å². The fourth-order valence-corrected chi connectivity index (χ4v) is 2.81. The molecule has 0 unspecified atom stereocenters. The van der Waals surface area contributed by atoms with Gasteiger partial charge in [0.2, 0.25) is 17.8 Å². The number of anilines is 1. The molecule has 2 aromatic carbocycles. The Kier molecular flexibility index (Phi) is 5.63. The first-order valence-electron chi connectivity index (χ1n) is 8.73. The van der Waals surface area contributed by atoms with Crippen LogP contribution in [0.4, 0.5) is 5.95 Å². The van der Waals surface area contributed by atoms with Crippen molar-refractivity contribution in [1.82, 2.24) is 14.9 Å². The van der Waals surface area contributed by atoms with Gasteiger partial charge in [-0.1, -0.05) is 49.4 Å². The molecule has 134 valence electrons. The Morgan fingerprint density at radius 3 is 2.50 bits per heavy atom. The second-order valence-electron chi connectivity index (χ2n) is 6.06. The Morgan fingerprint density at radius 1 is 1.00 bits per heavy atom. The number of fused-ring (bicyclic) bond motifs is 1. The molecule has 2 amide bonds. The van der Waals surface area contributed by atoms with Crippen LogP contribution in [0, 0.1) is 0 Å². The van der Waals surface area contributed by atoms with Crippen LogP contribution >= 0.6 is 0 Å². The van der Waals surface area contributed by atoms with Crippen molar-refractivity contribution < 1.29 is 9.59 Å². The molecule has 0 saturated carbocycles. The molecule has 6 heteroatoms. The molecule has 3 aromatic rings. The molecule has 0 aliphatic heterocycles. The second kappa shape index (κ2) is 8.29. The maximum Gasteiger partial charge on any atom is 0.246 e. The predicted molar refractivity (Wildman–Crippen MR) is 102 cm³/mol. The van der Waals surface area contributed by atoms with E-state index in [9.17, 15) is 9.59 Å². The molecule has 3 rings (SSSR count). The molecule has 1 heterocycles. The van der Waals surface area contributed by atoms with Crippen LogP contribution in [-0.4, -0.2) is 27.9 Å². The molecule has 0 aliphatic carbocycles. The summed E-state index contributed by atoms with van der Waals surface area (Å²) < 4.78 is 1.99. The van der Waals surface area contributed by atoms with Gasteiger partial charge in [0, 0.05) is 6.54 Å². The highest BCUT2D eigenvalue weighted by Crippen LogP contribution is 2.19. The van der Waals surface area contributed by atoms with Crippen molar-refractivity contribution in [3.63, 3.8) is 0 Å². The molecule has 2 N–H and O–H groups in total. The topological polar surface area (TPSA) is 76.0 Å². The van der Waals surface area contributed by atoms with Crippen LogP contribution in [0.3, 0.4) is 0 Å². The van der Waals surface area contributed by atoms with Crippen LogP contribution in [0.1, 0.15) is 18.9 Å². The highest BCUT2D eigenvalue weighted by Gasteiger charge is 2.13. The van der Waals surface area contributed by atoms with Gasteiger partial charge in [0.1, 0.15) is 0 Å². The van der Waals surface area contributed by atoms with Gasteiger partial charge in [-0.05, 0) is 24.1 Å². The van der Waals surface area contributed by atoms with Crippen molar-refractivity contribution in [2.24, 2.45) is 0 Å². The summed E-state index contributed by atoms with van der Waals surface area (Å²) in [7, 11) is 0. The van der Waals surface area contributed by atoms with E-state index < -0.39 is 0 Å². The Labute approximate surface area is 152 Å². The molecule has 0 fully saturated rings. The van der Waals surface area contributed by atoms with Crippen LogP contribution in [0.5, 0.6) is 0 Å². The quantitative estimate of drug-likeness (QED) is 0.688. The fourth-order valence-electron chi connectivity index (χ4n) is 2.81. The van der Waals surface area contributed by atoms with Gasteiger partial charge in [0.05, 0.1) is 24.0 Å². The number of aromatic nitrogens is 2. The number of amides is 2. The van der Waals surface area contributed by atoms with E-state index in [1.165, 1.54) is 0 Å². The zero-order chi connectivity index (χ0) is 18.4. The third-order valence-corrected chi connectivity index (χ3v) is 4.01. The number of para-hydroxylation sites is 2. The smallest absolute Gasteiger partial charge is 0.246 e. The number of rotatable bonds is 7. The zero-order valence-electron chi connectivity index (χ0n) is 14.7. The molecular weight excluding hydrogens is 328 g/mol. The number of aryl methyl sites for hydroxylation is 1. The van der Waals surface area contributed by atoms with E-state index in [2.05, 4.69) is 22.5 Å². The Morgan fingerprint density at radius 2 is 1.73 bits per heavy atom. The SMILES string of the molecule is CCCn1c(NC(=O)CNC(=O)Cc2ccccc2)nc2ccccc21. The van der Waals surface area contributed by atoms with Gasteiger partial charge in [-0.3, -0.25) is 14.9 Å². The van der Waals surface area contributed by atoms with Gasteiger partial charge in [-0.15, -0.1) is 0 Å². The molecule has 0 atom stereocenters. The molecule has 0 bridgehead atoms. The molecule has 6 nitrogen and oxygen atoms in total. The lowest BCUT2D eigenvalue weighted by Gasteiger charge is -2.09. The highest BCUT2D eigenvalue weighted by molar-refractivity contribution is 5.95. The number of carbonyl (C=O) groups excluding carboxylic acids is 2. The molecule has 0 radical (unpaired) electrons. The zero-order valence-corrected chi connectivity index (χ0v) is 14.7. The van der Waals surface area contributed by atoms with Gasteiger partial charge in [-0.25, -0.2) is 4.98 Å². The Hall–Kier alpha value is -3.15. The molecule has 0 aliphatic rings. The number of carbonyl (C=O) groups is 2. The van der Waals surface area contributed by atoms with Gasteiger partial charge >= 0.3 is 0 Å². The number of imidazole rings is 1. The van der Waals surface area contributed by atoms with Gasteiger partial charge in [-0.2, -0.15) is 0 Å². The lowest BCUT2D eigenvalue weighted by molar-refractivity contribution is -0.123. The van der Waals surface area contributed by atoms with E-state index in [0.717, 1.165) is 29.6 Å². The van der Waals surface area contributed by atoms with E-state index in [1.54, 1.807) is 0 Å². The highest BCUT2D eigenvalue weighted by atomic mass is 16.2. The summed E-state index contributed by atoms with van der Waals surface area (Å²) >= 11 is 0. The van der Waals surface area contributed by atoms with E-state index >= 15 is 0 Å². The van der Waals surface area contributed by atoms with Crippen LogP contribution < -0.4 is 10.6 Å². The molecule has 0 saturated heterocycles. The number of nitrogens with one attached hydrogen (secondary N) is 2. The van der Waals surface area contributed by atoms with Crippen molar-refractivity contribution in [3.05, 3.63) is 60.2 Å². The first-order valence-corrected chi connectivity index (χ1v) is 8.73. The summed E-state index contributed by atoms with van der Waals surface area (Å²) in [4.78, 5) is 28.7. The number of hydrogen-bond donors (Lipinski definition) is 2. The molecule has 26 heavy (non-hydrogen) atoms. The van der Waals surface area contributed by atoms with Gasteiger partial charge < -0.3 is 9.88 Å². The molecule has 0 spiro atoms. The summed E-state index contributed by atoms with van der Waals surface area (Å²) in [5.74, 6) is 0.0304. The van der Waals surface area contributed by atoms with Crippen molar-refractivity contribution >= 4 is 28.8 Å². The monoisotopic (exact) mass is 350 g/mol. The van der Waals surface area contributed by atoms with Crippen molar-refractivity contribution in [2.75, 3.05) is 11.9 Å². The average molecular weight is 350 g/mol. The number of benzene rings is 2. The standard InChI is InChI=1S/C20H22N4O2/c1-2-12-24-17-11-7-6-10-16(17)22-20(24)23-19(26)14-21-18(25)13-15-8-4-3-5-9-15/h3-11H,2,12-14H2,1H3,(H,21,25)(H,22,23,26). The van der Waals surface area contributed by atoms with E-state index in [-0.39, 0.29) is 24.8 Å². The second-order valence-corrected chi connectivity index (χ2v) is 6.06. The summed E-state index contributed by atoms with van der Waals surface area (Å²) in [5.41, 5.74) is 2.73. The summed E-state index contributed by atoms with van der Waals surface area (Å²) in [6, 6.07) is 17.2. The Balaban J connectivity index is 1.60. The summed E-state index contributed by atoms with van der Waals surface area (Å²) in [5, 5.41) is 5.45. The maximum atomic E-state index is 12.2. The maximum absolute atomic E-state index is 12.2. The first kappa shape index (κ1) is 17.7. The number of hydrogen-bond acceptors (Lipinski definition) is 3. The van der Waals surface area contributed by atoms with Gasteiger partial charge in [0.25, 0.3) is 0 Å². The van der Waals surface area contributed by atoms with Crippen molar-refractivity contribution in [2.45, 2.75) is 26.3 Å². The first-order chi connectivity index (χ1) is 12.7. The minimum Gasteiger partial charge on any atom is -0.347 e. The Bertz CT molecular complexity index is 903. The fraction of sp³-hybridized carbons (Fsp3) is 0.250. The van der Waals surface area contributed by atoms with Crippen LogP contribution in [-0.2, 0) is 22.6 Å². The van der Waals surface area contributed by atoms with Crippen molar-refractivity contribution in [1.29, 1.82) is 0 Å². The predicted octanol–water partition coefficient (Wildman–Crippen LogP) is 2.74. The number of nitrogens with zero attached hydrogens (tertiary/aromatic N) is 2. The molecule has 1 aromatic heterocycles. The lowest BCUT2D eigenvalue weighted by atomic mass is 10.1. The minimum atomic E-state index is -0.293. The van der Waals surface area contributed by atoms with Crippen LogP contribution in [0.25, 0.3) is 11.0 Å². The summed E-state index contributed by atoms with van der Waals surface area (Å²) in [6.07, 6.45) is 1.18. The molecular formula is C20H22N4O2. The normalized spacial score (nSPS) is 10.7. The van der Waals surface area contributed by atoms with E-state index in [4.69, 9.17) is 0 Å². The van der Waals surface area contributed by atoms with Gasteiger partial charge in [0.15, 0.2) is 0 Å². The lowest BCUT2D eigenvalue weighted by Crippen LogP contribution is -2.34. The third kappa shape index (κ3) is 4.27.